The summed E-state index contributed by atoms with van der Waals surface area (Å²) >= 11 is 0. The molecular formula is C44H79N3. The predicted octanol–water partition coefficient (Wildman–Crippen LogP) is 11.2. The van der Waals surface area contributed by atoms with Crippen molar-refractivity contribution in [1.29, 1.82) is 0 Å². The summed E-state index contributed by atoms with van der Waals surface area (Å²) in [5.74, 6) is 2.21. The Morgan fingerprint density at radius 2 is 0.766 bits per heavy atom. The average molecular weight is 650 g/mol. The lowest BCUT2D eigenvalue weighted by Crippen LogP contribution is -2.59. The molecule has 0 amide bonds. The van der Waals surface area contributed by atoms with E-state index in [0.29, 0.717) is 16.2 Å². The first-order chi connectivity index (χ1) is 22.0. The van der Waals surface area contributed by atoms with Gasteiger partial charge in [-0.15, -0.1) is 0 Å². The van der Waals surface area contributed by atoms with Gasteiger partial charge in [0.1, 0.15) is 0 Å². The summed E-state index contributed by atoms with van der Waals surface area (Å²) in [7, 11) is 0. The zero-order valence-corrected chi connectivity index (χ0v) is 33.6. The molecule has 3 spiro atoms. The fourth-order valence-corrected chi connectivity index (χ4v) is 9.81. The molecule has 3 saturated heterocycles. The lowest BCUT2D eigenvalue weighted by Gasteiger charge is -2.54. The van der Waals surface area contributed by atoms with Gasteiger partial charge < -0.3 is 9.80 Å². The van der Waals surface area contributed by atoms with Crippen LogP contribution >= 0.6 is 0 Å². The molecule has 3 aliphatic heterocycles. The van der Waals surface area contributed by atoms with Crippen LogP contribution in [0.15, 0.2) is 34.9 Å². The highest BCUT2D eigenvalue weighted by atomic mass is 15.2. The Kier molecular flexibility index (Phi) is 13.6. The molecule has 3 heteroatoms. The van der Waals surface area contributed by atoms with Crippen molar-refractivity contribution in [3.8, 4) is 0 Å². The van der Waals surface area contributed by atoms with Crippen molar-refractivity contribution in [2.75, 3.05) is 39.3 Å². The van der Waals surface area contributed by atoms with Gasteiger partial charge in [-0.3, -0.25) is 4.90 Å². The highest BCUT2D eigenvalue weighted by molar-refractivity contribution is 5.22. The Balaban J connectivity index is 0.000000160. The van der Waals surface area contributed by atoms with Crippen LogP contribution in [0.2, 0.25) is 0 Å². The monoisotopic (exact) mass is 650 g/mol. The van der Waals surface area contributed by atoms with Gasteiger partial charge in [0, 0.05) is 37.8 Å². The molecule has 0 atom stereocenters. The average Bonchev–Trinajstić information content (AvgIpc) is 3.37. The molecule has 47 heavy (non-hydrogen) atoms. The van der Waals surface area contributed by atoms with E-state index >= 15 is 0 Å². The first-order valence-electron chi connectivity index (χ1n) is 20.3. The Morgan fingerprint density at radius 1 is 0.404 bits per heavy atom. The molecule has 0 aromatic heterocycles. The first-order valence-corrected chi connectivity index (χ1v) is 20.3. The fourth-order valence-electron chi connectivity index (χ4n) is 9.81. The molecule has 0 aromatic carbocycles. The number of rotatable bonds is 6. The highest BCUT2D eigenvalue weighted by Gasteiger charge is 2.46. The standard InChI is InChI=1S/2C15H27N.C14H25N/c1-12(2)9-14-10-15(11-14)5-7-16(8-6-15)13(3)4;1-12(2)9-14-5-7-15(8-6-14)10-16(11-15)13(3)4;1-11(2)7-13-8-14(9-13)5-6-15(10-14)12(3)4/h2*9,12-13H,5-8,10-11H2,1-4H3;7,11-12H,5-6,8-10H2,1-4H3. The first kappa shape index (κ1) is 38.9. The van der Waals surface area contributed by atoms with Crippen LogP contribution in [0.4, 0.5) is 0 Å². The summed E-state index contributed by atoms with van der Waals surface area (Å²) in [6.45, 7) is 35.7. The molecule has 0 bridgehead atoms. The van der Waals surface area contributed by atoms with Gasteiger partial charge in [-0.2, -0.15) is 0 Å². The summed E-state index contributed by atoms with van der Waals surface area (Å²) in [5, 5.41) is 0. The van der Waals surface area contributed by atoms with Crippen molar-refractivity contribution in [3.63, 3.8) is 0 Å². The minimum Gasteiger partial charge on any atom is -0.301 e. The van der Waals surface area contributed by atoms with E-state index in [1.807, 2.05) is 0 Å². The molecule has 270 valence electrons. The number of piperidine rings is 1. The van der Waals surface area contributed by atoms with E-state index in [2.05, 4.69) is 116 Å². The van der Waals surface area contributed by atoms with Crippen LogP contribution in [0.25, 0.3) is 0 Å². The number of likely N-dealkylation sites (tertiary alicyclic amines) is 3. The van der Waals surface area contributed by atoms with Crippen molar-refractivity contribution < 1.29 is 0 Å². The molecule has 0 aromatic rings. The zero-order valence-electron chi connectivity index (χ0n) is 33.6. The van der Waals surface area contributed by atoms with E-state index in [4.69, 9.17) is 0 Å². The summed E-state index contributed by atoms with van der Waals surface area (Å²) in [6, 6.07) is 2.23. The molecule has 3 nitrogen and oxygen atoms in total. The van der Waals surface area contributed by atoms with E-state index in [9.17, 15) is 0 Å². The molecule has 3 saturated carbocycles. The van der Waals surface area contributed by atoms with Gasteiger partial charge in [-0.25, -0.2) is 0 Å². The second-order valence-electron chi connectivity index (χ2n) is 19.4. The van der Waals surface area contributed by atoms with Gasteiger partial charge in [0.2, 0.25) is 0 Å². The van der Waals surface area contributed by atoms with Crippen molar-refractivity contribution in [2.45, 2.75) is 172 Å². The number of hydrogen-bond donors (Lipinski definition) is 0. The van der Waals surface area contributed by atoms with E-state index in [-0.39, 0.29) is 0 Å². The van der Waals surface area contributed by atoms with Crippen LogP contribution < -0.4 is 0 Å². The normalized spacial score (nSPS) is 25.3. The summed E-state index contributed by atoms with van der Waals surface area (Å²) in [5.41, 5.74) is 7.28. The van der Waals surface area contributed by atoms with Crippen LogP contribution in [0.1, 0.15) is 154 Å². The maximum absolute atomic E-state index is 2.64. The minimum absolute atomic E-state index is 0.686. The Morgan fingerprint density at radius 3 is 1.17 bits per heavy atom. The predicted molar refractivity (Wildman–Crippen MR) is 207 cm³/mol. The second-order valence-corrected chi connectivity index (χ2v) is 19.4. The van der Waals surface area contributed by atoms with Crippen LogP contribution in [0.3, 0.4) is 0 Å². The van der Waals surface area contributed by atoms with Gasteiger partial charge in [-0.1, -0.05) is 76.5 Å². The smallest absolute Gasteiger partial charge is 0.00534 e. The lowest BCUT2D eigenvalue weighted by molar-refractivity contribution is -0.0400. The second kappa shape index (κ2) is 16.4. The molecule has 3 heterocycles. The van der Waals surface area contributed by atoms with Gasteiger partial charge in [0.25, 0.3) is 0 Å². The molecule has 6 aliphatic rings. The number of nitrogens with zero attached hydrogens (tertiary/aromatic N) is 3. The quantitative estimate of drug-likeness (QED) is 0.265. The molecule has 6 rings (SSSR count). The molecular weight excluding hydrogens is 571 g/mol. The maximum Gasteiger partial charge on any atom is 0.00534 e. The van der Waals surface area contributed by atoms with Crippen molar-refractivity contribution in [3.05, 3.63) is 34.9 Å². The third-order valence-electron chi connectivity index (χ3n) is 12.7. The van der Waals surface area contributed by atoms with Gasteiger partial charge in [0.05, 0.1) is 0 Å². The SMILES string of the molecule is CC(C)C=C1CC2(CCN(C(C)C)C2)C1.CC(C)C=C1CC2(CCN(C(C)C)CC2)C1.CC(C)C=C1CCC2(CC1)CN(C(C)C)C2. The molecule has 0 unspecified atom stereocenters. The topological polar surface area (TPSA) is 9.72 Å². The fraction of sp³-hybridized carbons (Fsp3) is 0.864. The van der Waals surface area contributed by atoms with E-state index in [0.717, 1.165) is 35.9 Å². The van der Waals surface area contributed by atoms with Crippen molar-refractivity contribution in [1.82, 2.24) is 14.7 Å². The van der Waals surface area contributed by atoms with E-state index < -0.39 is 0 Å². The third-order valence-corrected chi connectivity index (χ3v) is 12.7. The van der Waals surface area contributed by atoms with Gasteiger partial charge in [0.15, 0.2) is 0 Å². The summed E-state index contributed by atoms with van der Waals surface area (Å²) in [4.78, 5) is 7.90. The number of hydrogen-bond acceptors (Lipinski definition) is 3. The van der Waals surface area contributed by atoms with Crippen molar-refractivity contribution >= 4 is 0 Å². The summed E-state index contributed by atoms with van der Waals surface area (Å²) < 4.78 is 0. The molecule has 6 fully saturated rings. The third kappa shape index (κ3) is 10.8. The molecule has 0 radical (unpaired) electrons. The largest absolute Gasteiger partial charge is 0.301 e. The lowest BCUT2D eigenvalue weighted by atomic mass is 9.60. The molecule has 0 N–H and O–H groups in total. The van der Waals surface area contributed by atoms with E-state index in [1.54, 1.807) is 16.7 Å². The van der Waals surface area contributed by atoms with Crippen molar-refractivity contribution in [2.24, 2.45) is 34.0 Å². The Hall–Kier alpha value is -0.900. The van der Waals surface area contributed by atoms with Crippen LogP contribution in [0.5, 0.6) is 0 Å². The summed E-state index contributed by atoms with van der Waals surface area (Å²) in [6.07, 6.45) is 22.9. The zero-order chi connectivity index (χ0) is 34.6. The maximum atomic E-state index is 2.64. The number of allylic oxidation sites excluding steroid dienone is 6. The van der Waals surface area contributed by atoms with Crippen LogP contribution in [-0.2, 0) is 0 Å². The highest BCUT2D eigenvalue weighted by Crippen LogP contribution is 2.53. The van der Waals surface area contributed by atoms with Gasteiger partial charge >= 0.3 is 0 Å². The van der Waals surface area contributed by atoms with Gasteiger partial charge in [-0.05, 0) is 166 Å². The van der Waals surface area contributed by atoms with Crippen LogP contribution in [-0.4, -0.2) is 72.1 Å². The Labute approximate surface area is 294 Å². The molecule has 3 aliphatic carbocycles. The minimum atomic E-state index is 0.686. The Bertz CT molecular complexity index is 1040. The van der Waals surface area contributed by atoms with E-state index in [1.165, 1.54) is 110 Å². The van der Waals surface area contributed by atoms with Crippen LogP contribution in [0, 0.1) is 34.0 Å².